The van der Waals surface area contributed by atoms with E-state index in [9.17, 15) is 16.8 Å². The van der Waals surface area contributed by atoms with Crippen LogP contribution in [-0.2, 0) is 20.0 Å². The van der Waals surface area contributed by atoms with Crippen LogP contribution in [0.1, 0.15) is 24.0 Å². The van der Waals surface area contributed by atoms with E-state index in [4.69, 9.17) is 4.74 Å². The highest BCUT2D eigenvalue weighted by atomic mass is 32.2. The number of nitrogens with zero attached hydrogens (tertiary/aromatic N) is 1. The smallest absolute Gasteiger partial charge is 0.265 e. The van der Waals surface area contributed by atoms with Crippen molar-refractivity contribution in [2.24, 2.45) is 0 Å². The average molecular weight is 425 g/mol. The van der Waals surface area contributed by atoms with E-state index >= 15 is 0 Å². The topological polar surface area (TPSA) is 92.8 Å². The Morgan fingerprint density at radius 2 is 1.82 bits per heavy atom. The Morgan fingerprint density at radius 1 is 1.07 bits per heavy atom. The summed E-state index contributed by atoms with van der Waals surface area (Å²) in [6.45, 7) is 4.08. The molecule has 9 heteroatoms. The van der Waals surface area contributed by atoms with Crippen LogP contribution in [0.3, 0.4) is 0 Å². The minimum atomic E-state index is -3.99. The maximum absolute atomic E-state index is 13.1. The lowest BCUT2D eigenvalue weighted by molar-refractivity contribution is 0.403. The van der Waals surface area contributed by atoms with Gasteiger partial charge in [0.25, 0.3) is 10.0 Å². The van der Waals surface area contributed by atoms with Crippen molar-refractivity contribution >= 4 is 31.4 Å². The first kappa shape index (κ1) is 20.5. The van der Waals surface area contributed by atoms with Crippen molar-refractivity contribution in [3.63, 3.8) is 0 Å². The van der Waals surface area contributed by atoms with Crippen LogP contribution in [-0.4, -0.2) is 36.2 Å². The molecule has 2 aromatic carbocycles. The van der Waals surface area contributed by atoms with Gasteiger partial charge in [0.15, 0.2) is 0 Å². The molecule has 1 heterocycles. The van der Waals surface area contributed by atoms with Crippen LogP contribution in [0.5, 0.6) is 5.75 Å². The number of nitrogens with one attached hydrogen (secondary N) is 1. The molecule has 28 heavy (non-hydrogen) atoms. The molecule has 1 N–H and O–H groups in total. The molecule has 0 unspecified atom stereocenters. The van der Waals surface area contributed by atoms with Gasteiger partial charge in [-0.1, -0.05) is 17.7 Å². The molecule has 0 radical (unpaired) electrons. The quantitative estimate of drug-likeness (QED) is 0.796. The lowest BCUT2D eigenvalue weighted by Crippen LogP contribution is -2.37. The molecule has 1 saturated heterocycles. The Bertz CT molecular complexity index is 1100. The lowest BCUT2D eigenvalue weighted by atomic mass is 10.1. The highest BCUT2D eigenvalue weighted by Crippen LogP contribution is 2.33. The molecule has 1 fully saturated rings. The first-order valence-electron chi connectivity index (χ1n) is 8.92. The highest BCUT2D eigenvalue weighted by molar-refractivity contribution is 7.93. The molecule has 0 amide bonds. The van der Waals surface area contributed by atoms with Gasteiger partial charge in [0, 0.05) is 6.54 Å². The Hall–Kier alpha value is -2.26. The zero-order valence-corrected chi connectivity index (χ0v) is 17.7. The summed E-state index contributed by atoms with van der Waals surface area (Å²) in [6, 6.07) is 9.81. The molecule has 1 aliphatic rings. The molecule has 0 saturated carbocycles. The molecule has 0 atom stereocenters. The number of aryl methyl sites for hydroxylation is 2. The van der Waals surface area contributed by atoms with E-state index in [1.807, 2.05) is 26.0 Å². The zero-order valence-electron chi connectivity index (χ0n) is 16.1. The summed E-state index contributed by atoms with van der Waals surface area (Å²) in [5.74, 6) is 0.206. The molecule has 0 spiro atoms. The van der Waals surface area contributed by atoms with Gasteiger partial charge in [-0.15, -0.1) is 0 Å². The summed E-state index contributed by atoms with van der Waals surface area (Å²) in [5.41, 5.74) is 2.60. The Balaban J connectivity index is 2.04. The number of rotatable bonds is 5. The van der Waals surface area contributed by atoms with E-state index in [0.29, 0.717) is 24.3 Å². The molecule has 7 nitrogen and oxygen atoms in total. The van der Waals surface area contributed by atoms with Crippen LogP contribution in [0.4, 0.5) is 11.4 Å². The second kappa shape index (κ2) is 7.63. The van der Waals surface area contributed by atoms with Crippen molar-refractivity contribution in [2.75, 3.05) is 28.4 Å². The standard InChI is InChI=1S/C19H24N2O5S2/c1-14-6-8-17(15(2)12-14)20-28(24,25)19-13-16(7-9-18(19)26-3)21-10-4-5-11-27(21,22)23/h6-9,12-13,20H,4-5,10-11H2,1-3H3. The fourth-order valence-electron chi connectivity index (χ4n) is 3.24. The molecule has 3 rings (SSSR count). The second-order valence-electron chi connectivity index (χ2n) is 6.85. The summed E-state index contributed by atoms with van der Waals surface area (Å²) >= 11 is 0. The van der Waals surface area contributed by atoms with Crippen molar-refractivity contribution in [1.82, 2.24) is 0 Å². The first-order valence-corrected chi connectivity index (χ1v) is 12.0. The number of ether oxygens (including phenoxy) is 1. The molecule has 1 aliphatic heterocycles. The van der Waals surface area contributed by atoms with Gasteiger partial charge in [0.2, 0.25) is 10.0 Å². The van der Waals surface area contributed by atoms with Crippen LogP contribution < -0.4 is 13.8 Å². The van der Waals surface area contributed by atoms with Crippen molar-refractivity contribution < 1.29 is 21.6 Å². The Morgan fingerprint density at radius 3 is 2.46 bits per heavy atom. The van der Waals surface area contributed by atoms with Gasteiger partial charge in [-0.2, -0.15) is 0 Å². The summed E-state index contributed by atoms with van der Waals surface area (Å²) in [7, 11) is -6.06. The van der Waals surface area contributed by atoms with Crippen LogP contribution >= 0.6 is 0 Å². The minimum Gasteiger partial charge on any atom is -0.495 e. The van der Waals surface area contributed by atoms with Crippen molar-refractivity contribution in [3.8, 4) is 5.75 Å². The van der Waals surface area contributed by atoms with E-state index in [2.05, 4.69) is 4.72 Å². The van der Waals surface area contributed by atoms with Crippen molar-refractivity contribution in [3.05, 3.63) is 47.5 Å². The largest absolute Gasteiger partial charge is 0.495 e. The molecule has 152 valence electrons. The molecule has 0 aliphatic carbocycles. The van der Waals surface area contributed by atoms with Gasteiger partial charge < -0.3 is 4.74 Å². The van der Waals surface area contributed by atoms with Crippen LogP contribution in [0.2, 0.25) is 0 Å². The zero-order chi connectivity index (χ0) is 20.5. The molecular weight excluding hydrogens is 400 g/mol. The fourth-order valence-corrected chi connectivity index (χ4v) is 6.19. The number of anilines is 2. The Kier molecular flexibility index (Phi) is 5.58. The SMILES string of the molecule is COc1ccc(N2CCCCS2(=O)=O)cc1S(=O)(=O)Nc1ccc(C)cc1C. The minimum absolute atomic E-state index is 0.0575. The summed E-state index contributed by atoms with van der Waals surface area (Å²) < 4.78 is 60.0. The number of benzene rings is 2. The fraction of sp³-hybridized carbons (Fsp3) is 0.368. The maximum atomic E-state index is 13.1. The summed E-state index contributed by atoms with van der Waals surface area (Å²) in [6.07, 6.45) is 1.34. The molecular formula is C19H24N2O5S2. The third kappa shape index (κ3) is 4.10. The molecule has 0 aromatic heterocycles. The van der Waals surface area contributed by atoms with E-state index in [-0.39, 0.29) is 16.4 Å². The first-order chi connectivity index (χ1) is 13.1. The average Bonchev–Trinajstić information content (AvgIpc) is 2.63. The second-order valence-corrected chi connectivity index (χ2v) is 10.5. The van der Waals surface area contributed by atoms with Gasteiger partial charge in [-0.05, 0) is 56.5 Å². The number of methoxy groups -OCH3 is 1. The third-order valence-corrected chi connectivity index (χ3v) is 7.96. The third-order valence-electron chi connectivity index (χ3n) is 4.70. The van der Waals surface area contributed by atoms with Crippen LogP contribution in [0, 0.1) is 13.8 Å². The van der Waals surface area contributed by atoms with E-state index < -0.39 is 20.0 Å². The maximum Gasteiger partial charge on any atom is 0.265 e. The number of hydrogen-bond donors (Lipinski definition) is 1. The van der Waals surface area contributed by atoms with Gasteiger partial charge >= 0.3 is 0 Å². The van der Waals surface area contributed by atoms with Crippen LogP contribution in [0.25, 0.3) is 0 Å². The van der Waals surface area contributed by atoms with Gasteiger partial charge in [0.1, 0.15) is 10.6 Å². The summed E-state index contributed by atoms with van der Waals surface area (Å²) in [4.78, 5) is -0.103. The Labute approximate surface area is 166 Å². The van der Waals surface area contributed by atoms with E-state index in [1.54, 1.807) is 12.1 Å². The number of sulfonamides is 2. The van der Waals surface area contributed by atoms with Crippen molar-refractivity contribution in [1.29, 1.82) is 0 Å². The molecule has 2 aromatic rings. The predicted octanol–water partition coefficient (Wildman–Crippen LogP) is 3.04. The van der Waals surface area contributed by atoms with E-state index in [0.717, 1.165) is 17.5 Å². The van der Waals surface area contributed by atoms with Gasteiger partial charge in [-0.3, -0.25) is 9.03 Å². The number of hydrogen-bond acceptors (Lipinski definition) is 5. The van der Waals surface area contributed by atoms with Gasteiger partial charge in [0.05, 0.1) is 24.2 Å². The normalized spacial score (nSPS) is 16.6. The van der Waals surface area contributed by atoms with E-state index in [1.165, 1.54) is 23.5 Å². The lowest BCUT2D eigenvalue weighted by Gasteiger charge is -2.28. The summed E-state index contributed by atoms with van der Waals surface area (Å²) in [5, 5.41) is 0. The monoisotopic (exact) mass is 424 g/mol. The van der Waals surface area contributed by atoms with Crippen molar-refractivity contribution in [2.45, 2.75) is 31.6 Å². The molecule has 0 bridgehead atoms. The highest BCUT2D eigenvalue weighted by Gasteiger charge is 2.29. The van der Waals surface area contributed by atoms with Gasteiger partial charge in [-0.25, -0.2) is 16.8 Å². The van der Waals surface area contributed by atoms with Crippen LogP contribution in [0.15, 0.2) is 41.3 Å². The predicted molar refractivity (Wildman–Crippen MR) is 110 cm³/mol.